The Balaban J connectivity index is 1.49. The van der Waals surface area contributed by atoms with E-state index in [1.807, 2.05) is 6.92 Å². The van der Waals surface area contributed by atoms with Crippen LogP contribution >= 0.6 is 11.6 Å². The molecule has 2 atom stereocenters. The zero-order chi connectivity index (χ0) is 20.7. The number of fused-ring (bicyclic) bond motifs is 1. The molecule has 148 valence electrons. The minimum atomic E-state index is -1.01. The molecule has 2 aliphatic rings. The number of hydrogen-bond donors (Lipinski definition) is 1. The Morgan fingerprint density at radius 1 is 1.17 bits per heavy atom. The van der Waals surface area contributed by atoms with Gasteiger partial charge in [0, 0.05) is 10.7 Å². The summed E-state index contributed by atoms with van der Waals surface area (Å²) in [6.07, 6.45) is 0. The SMILES string of the molecule is Cc1ccc(N2C(=O)[C@@H]3[C@@H](N=NN3CC(=O)Nc3ccc(F)cc3)C2=O)cc1Cl. The van der Waals surface area contributed by atoms with Crippen molar-refractivity contribution in [1.82, 2.24) is 5.01 Å². The molecule has 8 nitrogen and oxygen atoms in total. The lowest BCUT2D eigenvalue weighted by molar-refractivity contribution is -0.123. The molecule has 0 aromatic heterocycles. The average Bonchev–Trinajstić information content (AvgIpc) is 3.20. The van der Waals surface area contributed by atoms with E-state index in [4.69, 9.17) is 11.6 Å². The van der Waals surface area contributed by atoms with Gasteiger partial charge in [-0.15, -0.1) is 0 Å². The maximum Gasteiger partial charge on any atom is 0.263 e. The number of hydrogen-bond acceptors (Lipinski definition) is 6. The van der Waals surface area contributed by atoms with Gasteiger partial charge in [0.1, 0.15) is 12.4 Å². The van der Waals surface area contributed by atoms with Gasteiger partial charge in [-0.25, -0.2) is 9.29 Å². The van der Waals surface area contributed by atoms with Gasteiger partial charge in [-0.1, -0.05) is 22.9 Å². The second kappa shape index (κ2) is 7.25. The molecule has 2 aromatic rings. The molecule has 1 saturated heterocycles. The van der Waals surface area contributed by atoms with E-state index in [-0.39, 0.29) is 6.54 Å². The van der Waals surface area contributed by atoms with E-state index in [0.717, 1.165) is 10.5 Å². The van der Waals surface area contributed by atoms with E-state index >= 15 is 0 Å². The van der Waals surface area contributed by atoms with Crippen LogP contribution in [0.25, 0.3) is 0 Å². The van der Waals surface area contributed by atoms with E-state index < -0.39 is 35.6 Å². The molecule has 1 fully saturated rings. The highest BCUT2D eigenvalue weighted by Crippen LogP contribution is 2.33. The van der Waals surface area contributed by atoms with Crippen molar-refractivity contribution >= 4 is 40.7 Å². The van der Waals surface area contributed by atoms with Crippen LogP contribution in [-0.2, 0) is 14.4 Å². The Morgan fingerprint density at radius 3 is 2.59 bits per heavy atom. The fraction of sp³-hybridized carbons (Fsp3) is 0.211. The van der Waals surface area contributed by atoms with Gasteiger partial charge in [0.15, 0.2) is 12.1 Å². The average molecular weight is 416 g/mol. The number of nitrogens with one attached hydrogen (secondary N) is 1. The van der Waals surface area contributed by atoms with Gasteiger partial charge in [-0.05, 0) is 48.9 Å². The molecule has 4 rings (SSSR count). The molecule has 3 amide bonds. The van der Waals surface area contributed by atoms with E-state index in [1.54, 1.807) is 12.1 Å². The predicted molar refractivity (Wildman–Crippen MR) is 103 cm³/mol. The maximum atomic E-state index is 13.0. The van der Waals surface area contributed by atoms with Gasteiger partial charge >= 0.3 is 0 Å². The van der Waals surface area contributed by atoms with Crippen molar-refractivity contribution in [3.05, 3.63) is 58.9 Å². The molecule has 2 aromatic carbocycles. The Kier molecular flexibility index (Phi) is 4.75. The van der Waals surface area contributed by atoms with Crippen LogP contribution in [0.3, 0.4) is 0 Å². The highest BCUT2D eigenvalue weighted by atomic mass is 35.5. The van der Waals surface area contributed by atoms with Crippen LogP contribution in [0.15, 0.2) is 52.8 Å². The number of amides is 3. The summed E-state index contributed by atoms with van der Waals surface area (Å²) in [4.78, 5) is 38.9. The molecule has 0 saturated carbocycles. The molecular weight excluding hydrogens is 401 g/mol. The number of rotatable bonds is 4. The predicted octanol–water partition coefficient (Wildman–Crippen LogP) is 2.72. The zero-order valence-corrected chi connectivity index (χ0v) is 15.9. The Labute approximate surface area is 169 Å². The topological polar surface area (TPSA) is 94.4 Å². The van der Waals surface area contributed by atoms with E-state index in [9.17, 15) is 18.8 Å². The number of nitrogens with zero attached hydrogens (tertiary/aromatic N) is 4. The van der Waals surface area contributed by atoms with Gasteiger partial charge in [-0.2, -0.15) is 5.11 Å². The van der Waals surface area contributed by atoms with Gasteiger partial charge in [0.2, 0.25) is 5.91 Å². The molecule has 0 bridgehead atoms. The molecule has 0 radical (unpaired) electrons. The molecule has 0 aliphatic carbocycles. The third kappa shape index (κ3) is 3.44. The number of anilines is 2. The molecular formula is C19H15ClFN5O3. The number of carbonyl (C=O) groups excluding carboxylic acids is 3. The van der Waals surface area contributed by atoms with E-state index in [1.165, 1.54) is 35.3 Å². The molecule has 0 spiro atoms. The first-order valence-electron chi connectivity index (χ1n) is 8.72. The summed E-state index contributed by atoms with van der Waals surface area (Å²) in [5.74, 6) is -1.96. The Morgan fingerprint density at radius 2 is 1.90 bits per heavy atom. The van der Waals surface area contributed by atoms with Crippen molar-refractivity contribution in [3.8, 4) is 0 Å². The number of carbonyl (C=O) groups is 3. The van der Waals surface area contributed by atoms with Crippen LogP contribution in [0.5, 0.6) is 0 Å². The summed E-state index contributed by atoms with van der Waals surface area (Å²) in [7, 11) is 0. The lowest BCUT2D eigenvalue weighted by atomic mass is 10.1. The van der Waals surface area contributed by atoms with Crippen LogP contribution in [0.1, 0.15) is 5.56 Å². The summed E-state index contributed by atoms with van der Waals surface area (Å²) < 4.78 is 13.0. The van der Waals surface area contributed by atoms with Crippen LogP contribution in [0.4, 0.5) is 15.8 Å². The molecule has 2 heterocycles. The third-order valence-corrected chi connectivity index (χ3v) is 5.11. The molecule has 1 N–H and O–H groups in total. The highest BCUT2D eigenvalue weighted by molar-refractivity contribution is 6.32. The third-order valence-electron chi connectivity index (χ3n) is 4.71. The van der Waals surface area contributed by atoms with E-state index in [2.05, 4.69) is 15.7 Å². The standard InChI is InChI=1S/C19H15ClFN5O3/c1-10-2-7-13(8-14(10)20)26-18(28)16-17(19(26)29)25(24-23-16)9-15(27)22-12-5-3-11(21)4-6-12/h2-8,16-17H,9H2,1H3,(H,22,27)/t16-,17+/m1/s1. The van der Waals surface area contributed by atoms with Crippen LogP contribution in [0.2, 0.25) is 5.02 Å². The summed E-state index contributed by atoms with van der Waals surface area (Å²) >= 11 is 6.11. The van der Waals surface area contributed by atoms with E-state index in [0.29, 0.717) is 16.4 Å². The second-order valence-corrected chi connectivity index (χ2v) is 7.10. The van der Waals surface area contributed by atoms with Gasteiger partial charge in [0.25, 0.3) is 11.8 Å². The normalized spacial score (nSPS) is 20.4. The molecule has 10 heteroatoms. The summed E-state index contributed by atoms with van der Waals surface area (Å²) in [5, 5.41) is 11.9. The van der Waals surface area contributed by atoms with Crippen molar-refractivity contribution in [3.63, 3.8) is 0 Å². The molecule has 0 unspecified atom stereocenters. The smallest absolute Gasteiger partial charge is 0.263 e. The van der Waals surface area contributed by atoms with Gasteiger partial charge in [-0.3, -0.25) is 19.4 Å². The van der Waals surface area contributed by atoms with Crippen molar-refractivity contribution in [1.29, 1.82) is 0 Å². The number of halogens is 2. The molecule has 29 heavy (non-hydrogen) atoms. The lowest BCUT2D eigenvalue weighted by Gasteiger charge is -2.20. The minimum Gasteiger partial charge on any atom is -0.324 e. The first-order chi connectivity index (χ1) is 13.8. The lowest BCUT2D eigenvalue weighted by Crippen LogP contribution is -2.43. The van der Waals surface area contributed by atoms with Crippen molar-refractivity contribution in [2.45, 2.75) is 19.0 Å². The van der Waals surface area contributed by atoms with Gasteiger partial charge < -0.3 is 5.32 Å². The summed E-state index contributed by atoms with van der Waals surface area (Å²) in [6.45, 7) is 1.52. The quantitative estimate of drug-likeness (QED) is 0.777. The van der Waals surface area contributed by atoms with Crippen molar-refractivity contribution in [2.24, 2.45) is 10.3 Å². The number of benzene rings is 2. The van der Waals surface area contributed by atoms with Gasteiger partial charge in [0.05, 0.1) is 5.69 Å². The monoisotopic (exact) mass is 415 g/mol. The zero-order valence-electron chi connectivity index (χ0n) is 15.2. The first-order valence-corrected chi connectivity index (χ1v) is 9.10. The fourth-order valence-corrected chi connectivity index (χ4v) is 3.38. The summed E-state index contributed by atoms with van der Waals surface area (Å²) in [5.41, 5.74) is 1.55. The van der Waals surface area contributed by atoms with Crippen LogP contribution in [0, 0.1) is 12.7 Å². The van der Waals surface area contributed by atoms with Crippen LogP contribution in [-0.4, -0.2) is 41.4 Å². The first kappa shape index (κ1) is 19.0. The number of imide groups is 1. The summed E-state index contributed by atoms with van der Waals surface area (Å²) in [6, 6.07) is 8.11. The highest BCUT2D eigenvalue weighted by Gasteiger charge is 2.55. The molecule has 2 aliphatic heterocycles. The van der Waals surface area contributed by atoms with Crippen molar-refractivity contribution < 1.29 is 18.8 Å². The maximum absolute atomic E-state index is 13.0. The Bertz CT molecular complexity index is 1040. The number of aryl methyl sites for hydroxylation is 1. The fourth-order valence-electron chi connectivity index (χ4n) is 3.21. The van der Waals surface area contributed by atoms with Crippen LogP contribution < -0.4 is 10.2 Å². The minimum absolute atomic E-state index is 0.288. The van der Waals surface area contributed by atoms with Crippen molar-refractivity contribution in [2.75, 3.05) is 16.8 Å². The second-order valence-electron chi connectivity index (χ2n) is 6.69. The largest absolute Gasteiger partial charge is 0.324 e. The Hall–Kier alpha value is -3.33.